The number of rotatable bonds is 20. The fourth-order valence-corrected chi connectivity index (χ4v) is 11.5. The third-order valence-electron chi connectivity index (χ3n) is 16.8. The molecule has 22 heteroatoms. The average molecular weight is 1250 g/mol. The number of likely N-dealkylation sites (N-methyl/N-ethyl adjacent to an activating group) is 4. The van der Waals surface area contributed by atoms with Gasteiger partial charge in [-0.05, 0) is 137 Å². The molecule has 4 aromatic rings. The Morgan fingerprint density at radius 1 is 0.411 bits per heavy atom. The van der Waals surface area contributed by atoms with E-state index in [1.165, 1.54) is 42.0 Å². The maximum Gasteiger partial charge on any atom is 0.329 e. The normalized spacial score (nSPS) is 22.0. The second kappa shape index (κ2) is 33.0. The van der Waals surface area contributed by atoms with Crippen LogP contribution in [0.4, 0.5) is 0 Å². The second-order valence-electron chi connectivity index (χ2n) is 26.0. The molecule has 0 aliphatic carbocycles. The van der Waals surface area contributed by atoms with Crippen LogP contribution in [0.5, 0.6) is 0 Å². The molecule has 0 radical (unpaired) electrons. The van der Waals surface area contributed by atoms with Crippen LogP contribution in [0, 0.1) is 51.4 Å². The lowest BCUT2D eigenvalue weighted by Gasteiger charge is -2.35. The van der Waals surface area contributed by atoms with Gasteiger partial charge in [0, 0.05) is 65.6 Å². The third-order valence-corrected chi connectivity index (χ3v) is 16.8. The molecule has 3 heterocycles. The standard InChI is InChI=1S/C68H100N8O14/c1-39(2)31-55-65(83)87-47(13)61(79)71(15)58(34-42(7)8)68(86)90-60(36-50-21-25-52(26-22-50)38-76-46(12)54(28-30-78)44(10)70-76)64(82)74(18)56(32-40(3)4)66(84)88-48(14)62(80)72(16)57(33-41(5)6)67(85)89-59(63(81)73(55)17)35-49-19-23-51(24-20-49)37-75-45(11)53(27-29-77)43(9)69-75/h19-26,39-42,47-48,55-60,77-78H,27-38H2,1-18H3/t47-,48-,55+,56+,57+,58+,59-,60-/m1/s1. The van der Waals surface area contributed by atoms with E-state index in [1.54, 1.807) is 24.3 Å². The van der Waals surface area contributed by atoms with Gasteiger partial charge in [0.2, 0.25) is 0 Å². The number of hydrogen-bond donors (Lipinski definition) is 2. The van der Waals surface area contributed by atoms with Crippen LogP contribution in [-0.2, 0) is 96.1 Å². The zero-order chi connectivity index (χ0) is 67.2. The molecule has 4 amide bonds. The SMILES string of the molecule is Cc1nn(Cc2ccc(C[C@H]3OC(=O)[C@H](CC(C)C)N(C)C(=O)[C@@H](C)OC(=O)[C@H](CC(C)C)N(C)C(=O)[C@@H](Cc4ccc(Cn5nc(C)c(CCO)c5C)cc4)OC(=O)[C@H](CC(C)C)N(C)C(=O)[C@@H](C)OC(=O)[C@H](CC(C)C)N(C)C3=O)cc2)c(C)c1CCO. The summed E-state index contributed by atoms with van der Waals surface area (Å²) in [6, 6.07) is 9.40. The topological polar surface area (TPSA) is 263 Å². The number of aliphatic hydroxyl groups is 2. The predicted octanol–water partition coefficient (Wildman–Crippen LogP) is 6.46. The molecule has 496 valence electrons. The van der Waals surface area contributed by atoms with Crippen molar-refractivity contribution in [1.29, 1.82) is 0 Å². The number of ether oxygens (including phenoxy) is 4. The van der Waals surface area contributed by atoms with Gasteiger partial charge in [0.05, 0.1) is 24.5 Å². The number of esters is 4. The molecule has 2 aromatic heterocycles. The summed E-state index contributed by atoms with van der Waals surface area (Å²) in [7, 11) is 5.54. The van der Waals surface area contributed by atoms with Crippen molar-refractivity contribution >= 4 is 47.5 Å². The number of benzene rings is 2. The van der Waals surface area contributed by atoms with E-state index in [9.17, 15) is 39.0 Å². The van der Waals surface area contributed by atoms with Crippen LogP contribution in [0.1, 0.15) is 151 Å². The molecule has 0 bridgehead atoms. The molecule has 2 N–H and O–H groups in total. The van der Waals surface area contributed by atoms with E-state index >= 15 is 9.59 Å². The zero-order valence-electron chi connectivity index (χ0n) is 56.4. The lowest BCUT2D eigenvalue weighted by atomic mass is 9.99. The molecule has 1 saturated heterocycles. The van der Waals surface area contributed by atoms with Gasteiger partial charge in [-0.2, -0.15) is 10.2 Å². The minimum atomic E-state index is -1.57. The molecule has 90 heavy (non-hydrogen) atoms. The highest BCUT2D eigenvalue weighted by molar-refractivity contribution is 5.94. The van der Waals surface area contributed by atoms with Crippen LogP contribution in [0.3, 0.4) is 0 Å². The largest absolute Gasteiger partial charge is 0.451 e. The van der Waals surface area contributed by atoms with Crippen molar-refractivity contribution < 1.29 is 67.5 Å². The van der Waals surface area contributed by atoms with Gasteiger partial charge in [-0.1, -0.05) is 104 Å². The summed E-state index contributed by atoms with van der Waals surface area (Å²) in [5.41, 5.74) is 8.34. The predicted molar refractivity (Wildman–Crippen MR) is 338 cm³/mol. The van der Waals surface area contributed by atoms with Gasteiger partial charge in [0.15, 0.2) is 24.4 Å². The van der Waals surface area contributed by atoms with Gasteiger partial charge >= 0.3 is 23.9 Å². The van der Waals surface area contributed by atoms with Gasteiger partial charge < -0.3 is 48.8 Å². The Hall–Kier alpha value is -7.46. The molecule has 5 rings (SSSR count). The summed E-state index contributed by atoms with van der Waals surface area (Å²) < 4.78 is 28.1. The van der Waals surface area contributed by atoms with Gasteiger partial charge in [-0.3, -0.25) is 28.5 Å². The monoisotopic (exact) mass is 1250 g/mol. The van der Waals surface area contributed by atoms with Crippen molar-refractivity contribution in [3.05, 3.63) is 105 Å². The fraction of sp³-hybridized carbons (Fsp3) is 0.618. The van der Waals surface area contributed by atoms with Crippen LogP contribution in [0.25, 0.3) is 0 Å². The van der Waals surface area contributed by atoms with Crippen LogP contribution < -0.4 is 0 Å². The number of aryl methyl sites for hydroxylation is 2. The Morgan fingerprint density at radius 2 is 0.667 bits per heavy atom. The molecule has 1 fully saturated rings. The second-order valence-corrected chi connectivity index (χ2v) is 26.0. The molecule has 22 nitrogen and oxygen atoms in total. The number of aliphatic hydroxyl groups excluding tert-OH is 2. The van der Waals surface area contributed by atoms with Crippen molar-refractivity contribution in [2.45, 2.75) is 210 Å². The van der Waals surface area contributed by atoms with Crippen LogP contribution in [0.15, 0.2) is 48.5 Å². The molecular weight excluding hydrogens is 1150 g/mol. The van der Waals surface area contributed by atoms with E-state index in [-0.39, 0.29) is 75.4 Å². The minimum absolute atomic E-state index is 0.0134. The van der Waals surface area contributed by atoms with Gasteiger partial charge in [0.25, 0.3) is 23.6 Å². The highest BCUT2D eigenvalue weighted by Crippen LogP contribution is 2.26. The van der Waals surface area contributed by atoms with Crippen molar-refractivity contribution in [1.82, 2.24) is 39.2 Å². The van der Waals surface area contributed by atoms with E-state index < -0.39 is 96.1 Å². The number of nitrogens with zero attached hydrogens (tertiary/aromatic N) is 8. The van der Waals surface area contributed by atoms with E-state index in [4.69, 9.17) is 18.9 Å². The zero-order valence-corrected chi connectivity index (χ0v) is 56.4. The average Bonchev–Trinajstić information content (AvgIpc) is 1.43. The Balaban J connectivity index is 1.59. The van der Waals surface area contributed by atoms with Gasteiger partial charge in [-0.25, -0.2) is 19.2 Å². The maximum atomic E-state index is 15.1. The third kappa shape index (κ3) is 19.3. The van der Waals surface area contributed by atoms with Crippen molar-refractivity contribution in [2.24, 2.45) is 23.7 Å². The highest BCUT2D eigenvalue weighted by atomic mass is 16.6. The van der Waals surface area contributed by atoms with Crippen LogP contribution in [0.2, 0.25) is 0 Å². The summed E-state index contributed by atoms with van der Waals surface area (Å²) in [5, 5.41) is 28.7. The Morgan fingerprint density at radius 3 is 0.933 bits per heavy atom. The minimum Gasteiger partial charge on any atom is -0.451 e. The van der Waals surface area contributed by atoms with Crippen molar-refractivity contribution in [3.63, 3.8) is 0 Å². The molecule has 0 saturated carbocycles. The van der Waals surface area contributed by atoms with Crippen LogP contribution >= 0.6 is 0 Å². The van der Waals surface area contributed by atoms with Crippen molar-refractivity contribution in [3.8, 4) is 0 Å². The van der Waals surface area contributed by atoms with Crippen LogP contribution in [-0.4, -0.2) is 187 Å². The number of amides is 4. The first-order valence-electron chi connectivity index (χ1n) is 31.6. The molecule has 2 aromatic carbocycles. The van der Waals surface area contributed by atoms with E-state index in [2.05, 4.69) is 10.2 Å². The molecule has 1 aliphatic heterocycles. The number of aromatic nitrogens is 4. The Kier molecular flexibility index (Phi) is 26.9. The Labute approximate surface area is 531 Å². The lowest BCUT2D eigenvalue weighted by molar-refractivity contribution is -0.176. The summed E-state index contributed by atoms with van der Waals surface area (Å²) in [6.45, 7) is 26.0. The van der Waals surface area contributed by atoms with E-state index in [1.807, 2.05) is 117 Å². The quantitative estimate of drug-likeness (QED) is 0.0711. The summed E-state index contributed by atoms with van der Waals surface area (Å²) in [6.07, 6.45) is -5.30. The van der Waals surface area contributed by atoms with Crippen molar-refractivity contribution in [2.75, 3.05) is 41.4 Å². The molecule has 8 atom stereocenters. The first-order chi connectivity index (χ1) is 42.3. The number of carbonyl (C=O) groups is 8. The number of hydrogen-bond acceptors (Lipinski definition) is 16. The first kappa shape index (κ1) is 73.3. The molecule has 0 spiro atoms. The molecule has 0 unspecified atom stereocenters. The lowest BCUT2D eigenvalue weighted by Crippen LogP contribution is -2.55. The molecule has 1 aliphatic rings. The summed E-state index contributed by atoms with van der Waals surface area (Å²) in [5.74, 6) is -7.67. The summed E-state index contributed by atoms with van der Waals surface area (Å²) >= 11 is 0. The van der Waals surface area contributed by atoms with E-state index in [0.29, 0.717) is 37.1 Å². The highest BCUT2D eigenvalue weighted by Gasteiger charge is 2.43. The maximum absolute atomic E-state index is 15.1. The number of carbonyl (C=O) groups excluding carboxylic acids is 8. The fourth-order valence-electron chi connectivity index (χ4n) is 11.5. The smallest absolute Gasteiger partial charge is 0.329 e. The van der Waals surface area contributed by atoms with Gasteiger partial charge in [0.1, 0.15) is 24.2 Å². The van der Waals surface area contributed by atoms with Gasteiger partial charge in [-0.15, -0.1) is 0 Å². The Bertz CT molecular complexity index is 2890. The number of cyclic esters (lactones) is 4. The van der Waals surface area contributed by atoms with E-state index in [0.717, 1.165) is 64.6 Å². The first-order valence-corrected chi connectivity index (χ1v) is 31.6. The molecular formula is C68H100N8O14. The summed E-state index contributed by atoms with van der Waals surface area (Å²) in [4.78, 5) is 123.